The summed E-state index contributed by atoms with van der Waals surface area (Å²) in [4.78, 5) is 16.3. The van der Waals surface area contributed by atoms with E-state index in [1.165, 1.54) is 0 Å². The predicted molar refractivity (Wildman–Crippen MR) is 65.5 cm³/mol. The van der Waals surface area contributed by atoms with E-state index in [1.54, 1.807) is 6.20 Å². The highest BCUT2D eigenvalue weighted by atomic mass is 16.1. The molecular formula is C14H15NO. The van der Waals surface area contributed by atoms with E-state index in [1.807, 2.05) is 30.3 Å². The molecule has 0 spiro atoms. The summed E-state index contributed by atoms with van der Waals surface area (Å²) < 4.78 is 0. The van der Waals surface area contributed by atoms with Crippen molar-refractivity contribution in [1.29, 1.82) is 0 Å². The fourth-order valence-corrected chi connectivity index (χ4v) is 1.81. The summed E-state index contributed by atoms with van der Waals surface area (Å²) in [6, 6.07) is 9.62. The molecule has 0 aliphatic rings. The number of para-hydroxylation sites is 1. The summed E-state index contributed by atoms with van der Waals surface area (Å²) in [5.41, 5.74) is 1.56. The second-order valence-corrected chi connectivity index (χ2v) is 4.40. The zero-order valence-corrected chi connectivity index (χ0v) is 9.60. The maximum atomic E-state index is 12.0. The van der Waals surface area contributed by atoms with Gasteiger partial charge in [0.25, 0.3) is 0 Å². The molecule has 0 atom stereocenters. The van der Waals surface area contributed by atoms with Crippen molar-refractivity contribution in [3.05, 3.63) is 42.1 Å². The third kappa shape index (κ3) is 2.11. The summed E-state index contributed by atoms with van der Waals surface area (Å²) in [5, 5.41) is 1.03. The highest BCUT2D eigenvalue weighted by Crippen LogP contribution is 2.18. The average Bonchev–Trinajstić information content (AvgIpc) is 2.27. The first-order valence-electron chi connectivity index (χ1n) is 5.55. The first-order chi connectivity index (χ1) is 7.68. The van der Waals surface area contributed by atoms with Crippen molar-refractivity contribution in [1.82, 2.24) is 4.98 Å². The Hall–Kier alpha value is -1.70. The molecule has 1 aromatic heterocycles. The van der Waals surface area contributed by atoms with Gasteiger partial charge in [0, 0.05) is 23.6 Å². The SMILES string of the molecule is CC(C)CC(=O)c1cccc2cccnc12. The molecule has 16 heavy (non-hydrogen) atoms. The molecule has 82 valence electrons. The van der Waals surface area contributed by atoms with Crippen molar-refractivity contribution >= 4 is 16.7 Å². The molecule has 0 saturated carbocycles. The molecule has 2 rings (SSSR count). The number of carbonyl (C=O) groups excluding carboxylic acids is 1. The molecule has 0 unspecified atom stereocenters. The molecule has 1 aromatic carbocycles. The fraction of sp³-hybridized carbons (Fsp3) is 0.286. The lowest BCUT2D eigenvalue weighted by atomic mass is 9.99. The number of hydrogen-bond donors (Lipinski definition) is 0. The van der Waals surface area contributed by atoms with Gasteiger partial charge in [0.1, 0.15) is 0 Å². The van der Waals surface area contributed by atoms with Gasteiger partial charge >= 0.3 is 0 Å². The number of carbonyl (C=O) groups is 1. The highest BCUT2D eigenvalue weighted by Gasteiger charge is 2.11. The highest BCUT2D eigenvalue weighted by molar-refractivity contribution is 6.06. The van der Waals surface area contributed by atoms with Crippen LogP contribution in [0.2, 0.25) is 0 Å². The lowest BCUT2D eigenvalue weighted by Gasteiger charge is -2.06. The first kappa shape index (κ1) is 10.8. The van der Waals surface area contributed by atoms with Crippen molar-refractivity contribution in [2.75, 3.05) is 0 Å². The maximum absolute atomic E-state index is 12.0. The molecule has 0 bridgehead atoms. The number of hydrogen-bond acceptors (Lipinski definition) is 2. The van der Waals surface area contributed by atoms with Gasteiger partial charge < -0.3 is 0 Å². The number of ketones is 1. The molecule has 0 radical (unpaired) electrons. The normalized spacial score (nSPS) is 10.9. The lowest BCUT2D eigenvalue weighted by Crippen LogP contribution is -2.04. The fourth-order valence-electron chi connectivity index (χ4n) is 1.81. The zero-order valence-electron chi connectivity index (χ0n) is 9.60. The predicted octanol–water partition coefficient (Wildman–Crippen LogP) is 3.46. The summed E-state index contributed by atoms with van der Waals surface area (Å²) >= 11 is 0. The van der Waals surface area contributed by atoms with Crippen LogP contribution in [0.5, 0.6) is 0 Å². The van der Waals surface area contributed by atoms with Crippen LogP contribution in [0.25, 0.3) is 10.9 Å². The summed E-state index contributed by atoms with van der Waals surface area (Å²) in [6.07, 6.45) is 2.31. The van der Waals surface area contributed by atoms with Crippen molar-refractivity contribution in [2.24, 2.45) is 5.92 Å². The topological polar surface area (TPSA) is 30.0 Å². The second-order valence-electron chi connectivity index (χ2n) is 4.40. The van der Waals surface area contributed by atoms with E-state index < -0.39 is 0 Å². The van der Waals surface area contributed by atoms with E-state index in [0.717, 1.165) is 16.5 Å². The summed E-state index contributed by atoms with van der Waals surface area (Å²) in [6.45, 7) is 4.10. The number of benzene rings is 1. The number of Topliss-reactive ketones (excluding diaryl/α,β-unsaturated/α-hetero) is 1. The molecule has 0 aliphatic carbocycles. The quantitative estimate of drug-likeness (QED) is 0.731. The average molecular weight is 213 g/mol. The van der Waals surface area contributed by atoms with Crippen LogP contribution in [0.4, 0.5) is 0 Å². The van der Waals surface area contributed by atoms with Gasteiger partial charge in [-0.05, 0) is 18.1 Å². The van der Waals surface area contributed by atoms with Gasteiger partial charge in [0.2, 0.25) is 0 Å². The minimum Gasteiger partial charge on any atom is -0.294 e. The van der Waals surface area contributed by atoms with Crippen LogP contribution in [0.3, 0.4) is 0 Å². The van der Waals surface area contributed by atoms with Crippen LogP contribution in [0, 0.1) is 5.92 Å². The minimum atomic E-state index is 0.180. The Morgan fingerprint density at radius 3 is 2.75 bits per heavy atom. The van der Waals surface area contributed by atoms with Gasteiger partial charge in [-0.1, -0.05) is 32.0 Å². The largest absolute Gasteiger partial charge is 0.294 e. The van der Waals surface area contributed by atoms with E-state index in [-0.39, 0.29) is 5.78 Å². The van der Waals surface area contributed by atoms with Gasteiger partial charge in [-0.15, -0.1) is 0 Å². The van der Waals surface area contributed by atoms with Gasteiger partial charge in [-0.25, -0.2) is 0 Å². The second kappa shape index (κ2) is 4.44. The summed E-state index contributed by atoms with van der Waals surface area (Å²) in [7, 11) is 0. The Kier molecular flexibility index (Phi) is 3.00. The molecule has 2 heteroatoms. The maximum Gasteiger partial charge on any atom is 0.165 e. The van der Waals surface area contributed by atoms with E-state index >= 15 is 0 Å². The van der Waals surface area contributed by atoms with Crippen LogP contribution < -0.4 is 0 Å². The van der Waals surface area contributed by atoms with E-state index in [0.29, 0.717) is 12.3 Å². The zero-order chi connectivity index (χ0) is 11.5. The Balaban J connectivity index is 2.48. The monoisotopic (exact) mass is 213 g/mol. The third-order valence-corrected chi connectivity index (χ3v) is 2.53. The lowest BCUT2D eigenvalue weighted by molar-refractivity contribution is 0.0969. The third-order valence-electron chi connectivity index (χ3n) is 2.53. The minimum absolute atomic E-state index is 0.180. The van der Waals surface area contributed by atoms with Gasteiger partial charge in [0.05, 0.1) is 5.52 Å². The van der Waals surface area contributed by atoms with Crippen molar-refractivity contribution < 1.29 is 4.79 Å². The molecule has 0 amide bonds. The Bertz CT molecular complexity index is 512. The Morgan fingerprint density at radius 1 is 1.25 bits per heavy atom. The van der Waals surface area contributed by atoms with Crippen LogP contribution in [0.1, 0.15) is 30.6 Å². The molecule has 2 aromatic rings. The molecule has 1 heterocycles. The van der Waals surface area contributed by atoms with Crippen LogP contribution in [-0.2, 0) is 0 Å². The van der Waals surface area contributed by atoms with Gasteiger partial charge in [0.15, 0.2) is 5.78 Å². The van der Waals surface area contributed by atoms with Crippen LogP contribution in [-0.4, -0.2) is 10.8 Å². The standard InChI is InChI=1S/C14H15NO/c1-10(2)9-13(16)12-7-3-5-11-6-4-8-15-14(11)12/h3-8,10H,9H2,1-2H3. The van der Waals surface area contributed by atoms with E-state index in [4.69, 9.17) is 0 Å². The van der Waals surface area contributed by atoms with Crippen LogP contribution in [0.15, 0.2) is 36.5 Å². The van der Waals surface area contributed by atoms with Crippen LogP contribution >= 0.6 is 0 Å². The van der Waals surface area contributed by atoms with Crippen molar-refractivity contribution in [3.8, 4) is 0 Å². The smallest absolute Gasteiger partial charge is 0.165 e. The molecule has 0 saturated heterocycles. The first-order valence-corrected chi connectivity index (χ1v) is 5.55. The molecule has 0 aliphatic heterocycles. The van der Waals surface area contributed by atoms with Crippen molar-refractivity contribution in [2.45, 2.75) is 20.3 Å². The summed E-state index contributed by atoms with van der Waals surface area (Å²) in [5.74, 6) is 0.561. The molecule has 2 nitrogen and oxygen atoms in total. The molecular weight excluding hydrogens is 198 g/mol. The number of aromatic nitrogens is 1. The van der Waals surface area contributed by atoms with Gasteiger partial charge in [-0.3, -0.25) is 9.78 Å². The number of pyridine rings is 1. The van der Waals surface area contributed by atoms with E-state index in [9.17, 15) is 4.79 Å². The molecule has 0 N–H and O–H groups in total. The van der Waals surface area contributed by atoms with Gasteiger partial charge in [-0.2, -0.15) is 0 Å². The van der Waals surface area contributed by atoms with Crippen molar-refractivity contribution in [3.63, 3.8) is 0 Å². The Labute approximate surface area is 95.3 Å². The number of nitrogens with zero attached hydrogens (tertiary/aromatic N) is 1. The van der Waals surface area contributed by atoms with E-state index in [2.05, 4.69) is 18.8 Å². The molecule has 0 fully saturated rings. The number of rotatable bonds is 3. The number of fused-ring (bicyclic) bond motifs is 1. The Morgan fingerprint density at radius 2 is 2.00 bits per heavy atom.